The van der Waals surface area contributed by atoms with Gasteiger partial charge in [0.05, 0.1) is 5.69 Å². The molecule has 0 amide bonds. The molecule has 1 aliphatic rings. The molecule has 1 saturated carbocycles. The Morgan fingerprint density at radius 3 is 2.62 bits per heavy atom. The quantitative estimate of drug-likeness (QED) is 0.849. The molecule has 1 aromatic heterocycles. The Labute approximate surface area is 94.9 Å². The fourth-order valence-corrected chi connectivity index (χ4v) is 1.97. The van der Waals surface area contributed by atoms with Gasteiger partial charge in [0.2, 0.25) is 0 Å². The van der Waals surface area contributed by atoms with Crippen LogP contribution in [0.2, 0.25) is 0 Å². The molecular formula is C13H15N3. The van der Waals surface area contributed by atoms with E-state index in [1.54, 1.807) is 0 Å². The molecule has 1 heterocycles. The lowest BCUT2D eigenvalue weighted by Crippen LogP contribution is -1.97. The largest absolute Gasteiger partial charge is 0.325 e. The smallest absolute Gasteiger partial charge is 0.116 e. The lowest BCUT2D eigenvalue weighted by Gasteiger charge is -2.05. The van der Waals surface area contributed by atoms with Crippen molar-refractivity contribution in [3.8, 4) is 5.69 Å². The average Bonchev–Trinajstić information content (AvgIpc) is 3.10. The third-order valence-corrected chi connectivity index (χ3v) is 2.97. The summed E-state index contributed by atoms with van der Waals surface area (Å²) in [4.78, 5) is 4.61. The van der Waals surface area contributed by atoms with Gasteiger partial charge in [0.15, 0.2) is 0 Å². The molecule has 16 heavy (non-hydrogen) atoms. The Kier molecular flexibility index (Phi) is 2.26. The van der Waals surface area contributed by atoms with E-state index >= 15 is 0 Å². The van der Waals surface area contributed by atoms with Crippen LogP contribution in [0.3, 0.4) is 0 Å². The van der Waals surface area contributed by atoms with Gasteiger partial charge in [-0.15, -0.1) is 0 Å². The zero-order valence-electron chi connectivity index (χ0n) is 9.13. The molecule has 82 valence electrons. The molecule has 2 N–H and O–H groups in total. The van der Waals surface area contributed by atoms with E-state index in [1.807, 2.05) is 18.2 Å². The first-order valence-electron chi connectivity index (χ1n) is 5.72. The van der Waals surface area contributed by atoms with Crippen LogP contribution in [0.5, 0.6) is 0 Å². The summed E-state index contributed by atoms with van der Waals surface area (Å²) < 4.78 is 2.18. The van der Waals surface area contributed by atoms with Crippen LogP contribution in [-0.2, 0) is 6.54 Å². The molecule has 1 aromatic carbocycles. The van der Waals surface area contributed by atoms with Crippen LogP contribution < -0.4 is 5.73 Å². The Bertz CT molecular complexity index is 483. The Morgan fingerprint density at radius 1 is 1.25 bits per heavy atom. The summed E-state index contributed by atoms with van der Waals surface area (Å²) in [6.45, 7) is 0.513. The van der Waals surface area contributed by atoms with Crippen molar-refractivity contribution in [2.24, 2.45) is 5.73 Å². The van der Waals surface area contributed by atoms with E-state index in [4.69, 9.17) is 5.73 Å². The molecule has 1 aliphatic carbocycles. The molecule has 0 saturated heterocycles. The molecule has 0 atom stereocenters. The summed E-state index contributed by atoms with van der Waals surface area (Å²) in [5.74, 6) is 1.81. The van der Waals surface area contributed by atoms with E-state index in [9.17, 15) is 0 Å². The van der Waals surface area contributed by atoms with Crippen LogP contribution in [0.15, 0.2) is 36.5 Å². The third kappa shape index (κ3) is 1.63. The monoisotopic (exact) mass is 213 g/mol. The van der Waals surface area contributed by atoms with Crippen LogP contribution >= 0.6 is 0 Å². The minimum absolute atomic E-state index is 0.513. The second kappa shape index (κ2) is 3.76. The van der Waals surface area contributed by atoms with E-state index < -0.39 is 0 Å². The number of hydrogen-bond acceptors (Lipinski definition) is 2. The van der Waals surface area contributed by atoms with Crippen LogP contribution in [0.1, 0.15) is 30.3 Å². The first kappa shape index (κ1) is 9.60. The van der Waals surface area contributed by atoms with Crippen molar-refractivity contribution in [3.63, 3.8) is 0 Å². The molecule has 0 bridgehead atoms. The normalized spacial score (nSPS) is 15.3. The fourth-order valence-electron chi connectivity index (χ4n) is 1.97. The zero-order valence-corrected chi connectivity index (χ0v) is 9.13. The van der Waals surface area contributed by atoms with E-state index in [1.165, 1.54) is 24.4 Å². The van der Waals surface area contributed by atoms with E-state index in [0.29, 0.717) is 12.5 Å². The maximum absolute atomic E-state index is 5.65. The predicted octanol–water partition coefficient (Wildman–Crippen LogP) is 2.21. The number of benzene rings is 1. The SMILES string of the molecule is NCc1cn(-c2ccccc2)c(C2CC2)n1. The van der Waals surface area contributed by atoms with Crippen LogP contribution in [0.4, 0.5) is 0 Å². The van der Waals surface area contributed by atoms with Crippen LogP contribution in [0, 0.1) is 0 Å². The van der Waals surface area contributed by atoms with Gasteiger partial charge in [0.25, 0.3) is 0 Å². The van der Waals surface area contributed by atoms with Crippen molar-refractivity contribution in [2.75, 3.05) is 0 Å². The first-order valence-corrected chi connectivity index (χ1v) is 5.72. The summed E-state index contributed by atoms with van der Waals surface area (Å²) in [5, 5.41) is 0. The minimum atomic E-state index is 0.513. The highest BCUT2D eigenvalue weighted by molar-refractivity contribution is 5.35. The molecule has 0 radical (unpaired) electrons. The van der Waals surface area contributed by atoms with Gasteiger partial charge in [-0.25, -0.2) is 4.98 Å². The highest BCUT2D eigenvalue weighted by atomic mass is 15.1. The Hall–Kier alpha value is -1.61. The van der Waals surface area contributed by atoms with Crippen molar-refractivity contribution in [3.05, 3.63) is 48.0 Å². The van der Waals surface area contributed by atoms with Crippen molar-refractivity contribution >= 4 is 0 Å². The zero-order chi connectivity index (χ0) is 11.0. The highest BCUT2D eigenvalue weighted by Gasteiger charge is 2.29. The van der Waals surface area contributed by atoms with Gasteiger partial charge < -0.3 is 10.3 Å². The number of hydrogen-bond donors (Lipinski definition) is 1. The predicted molar refractivity (Wildman–Crippen MR) is 63.4 cm³/mol. The minimum Gasteiger partial charge on any atom is -0.325 e. The van der Waals surface area contributed by atoms with Gasteiger partial charge >= 0.3 is 0 Å². The second-order valence-electron chi connectivity index (χ2n) is 4.27. The summed E-state index contributed by atoms with van der Waals surface area (Å²) in [5.41, 5.74) is 7.81. The topological polar surface area (TPSA) is 43.8 Å². The first-order chi connectivity index (χ1) is 7.88. The summed E-state index contributed by atoms with van der Waals surface area (Å²) in [7, 11) is 0. The van der Waals surface area contributed by atoms with Gasteiger partial charge in [0, 0.05) is 24.3 Å². The van der Waals surface area contributed by atoms with Gasteiger partial charge in [-0.2, -0.15) is 0 Å². The number of imidazole rings is 1. The molecule has 3 nitrogen and oxygen atoms in total. The lowest BCUT2D eigenvalue weighted by molar-refractivity contribution is 0.875. The number of nitrogens with zero attached hydrogens (tertiary/aromatic N) is 2. The van der Waals surface area contributed by atoms with Crippen molar-refractivity contribution in [1.82, 2.24) is 9.55 Å². The average molecular weight is 213 g/mol. The van der Waals surface area contributed by atoms with Gasteiger partial charge in [0.1, 0.15) is 5.82 Å². The number of aromatic nitrogens is 2. The lowest BCUT2D eigenvalue weighted by atomic mass is 10.3. The van der Waals surface area contributed by atoms with Crippen molar-refractivity contribution < 1.29 is 0 Å². The molecule has 0 spiro atoms. The number of para-hydroxylation sites is 1. The summed E-state index contributed by atoms with van der Waals surface area (Å²) in [6.07, 6.45) is 4.57. The van der Waals surface area contributed by atoms with Crippen LogP contribution in [-0.4, -0.2) is 9.55 Å². The third-order valence-electron chi connectivity index (χ3n) is 2.97. The summed E-state index contributed by atoms with van der Waals surface area (Å²) in [6, 6.07) is 10.3. The van der Waals surface area contributed by atoms with Crippen LogP contribution in [0.25, 0.3) is 5.69 Å². The molecule has 0 aliphatic heterocycles. The van der Waals surface area contributed by atoms with E-state index in [2.05, 4.69) is 27.9 Å². The van der Waals surface area contributed by atoms with Gasteiger partial charge in [-0.1, -0.05) is 18.2 Å². The standard InChI is InChI=1S/C13H15N3/c14-8-11-9-16(12-4-2-1-3-5-12)13(15-11)10-6-7-10/h1-5,9-10H,6-8,14H2. The highest BCUT2D eigenvalue weighted by Crippen LogP contribution is 2.40. The second-order valence-corrected chi connectivity index (χ2v) is 4.27. The number of rotatable bonds is 3. The fraction of sp³-hybridized carbons (Fsp3) is 0.308. The van der Waals surface area contributed by atoms with Gasteiger partial charge in [-0.3, -0.25) is 0 Å². The number of nitrogens with two attached hydrogens (primary N) is 1. The Morgan fingerprint density at radius 2 is 2.00 bits per heavy atom. The summed E-state index contributed by atoms with van der Waals surface area (Å²) >= 11 is 0. The molecule has 3 rings (SSSR count). The maximum Gasteiger partial charge on any atom is 0.116 e. The molecular weight excluding hydrogens is 198 g/mol. The Balaban J connectivity index is 2.08. The molecule has 3 heteroatoms. The van der Waals surface area contributed by atoms with Gasteiger partial charge in [-0.05, 0) is 25.0 Å². The maximum atomic E-state index is 5.65. The van der Waals surface area contributed by atoms with Crippen molar-refractivity contribution in [1.29, 1.82) is 0 Å². The van der Waals surface area contributed by atoms with E-state index in [-0.39, 0.29) is 0 Å². The molecule has 1 fully saturated rings. The van der Waals surface area contributed by atoms with Crippen molar-refractivity contribution in [2.45, 2.75) is 25.3 Å². The molecule has 0 unspecified atom stereocenters. The molecule has 2 aromatic rings. The van der Waals surface area contributed by atoms with E-state index in [0.717, 1.165) is 5.69 Å².